The van der Waals surface area contributed by atoms with E-state index >= 15 is 0 Å². The minimum absolute atomic E-state index is 0.0565. The van der Waals surface area contributed by atoms with Crippen LogP contribution in [-0.2, 0) is 10.9 Å². The SMILES string of the molecule is O=C1c2nn(-c3cc(F)ccc3O)cc2C(c2ccc(C(F)(F)F)cc2)N1C1CCOCC1. The smallest absolute Gasteiger partial charge is 0.416 e. The molecule has 33 heavy (non-hydrogen) atoms. The van der Waals surface area contributed by atoms with E-state index < -0.39 is 23.6 Å². The zero-order chi connectivity index (χ0) is 23.3. The molecular formula is C23H19F4N3O3. The first kappa shape index (κ1) is 21.4. The number of halogens is 4. The number of carbonyl (C=O) groups excluding carboxylic acids is 1. The third-order valence-electron chi connectivity index (χ3n) is 6.07. The van der Waals surface area contributed by atoms with E-state index in [1.807, 2.05) is 0 Å². The Kier molecular flexibility index (Phi) is 5.12. The van der Waals surface area contributed by atoms with Crippen molar-refractivity contribution in [3.8, 4) is 11.4 Å². The van der Waals surface area contributed by atoms with Gasteiger partial charge in [0.25, 0.3) is 5.91 Å². The van der Waals surface area contributed by atoms with Crippen LogP contribution in [-0.4, -0.2) is 44.9 Å². The predicted octanol–water partition coefficient (Wildman–Crippen LogP) is 4.46. The number of ether oxygens (including phenoxy) is 1. The van der Waals surface area contributed by atoms with E-state index in [-0.39, 0.29) is 29.1 Å². The summed E-state index contributed by atoms with van der Waals surface area (Å²) in [6.07, 6.45) is -1.77. The molecule has 3 heterocycles. The van der Waals surface area contributed by atoms with E-state index in [9.17, 15) is 27.5 Å². The van der Waals surface area contributed by atoms with Crippen molar-refractivity contribution >= 4 is 5.91 Å². The molecule has 0 aliphatic carbocycles. The van der Waals surface area contributed by atoms with Gasteiger partial charge in [-0.25, -0.2) is 9.07 Å². The van der Waals surface area contributed by atoms with Crippen molar-refractivity contribution in [1.82, 2.24) is 14.7 Å². The first-order valence-electron chi connectivity index (χ1n) is 10.4. The average Bonchev–Trinajstić information content (AvgIpc) is 3.33. The second-order valence-corrected chi connectivity index (χ2v) is 8.09. The maximum absolute atomic E-state index is 13.8. The van der Waals surface area contributed by atoms with Crippen molar-refractivity contribution in [2.75, 3.05) is 13.2 Å². The summed E-state index contributed by atoms with van der Waals surface area (Å²) in [6, 6.07) is 7.24. The van der Waals surface area contributed by atoms with Crippen LogP contribution in [0.3, 0.4) is 0 Å². The standard InChI is InChI=1S/C23H19F4N3O3/c24-15-5-6-19(31)18(11-15)29-12-17-20(28-29)22(32)30(16-7-9-33-10-8-16)21(17)13-1-3-14(4-2-13)23(25,26)27/h1-6,11-12,16,21,31H,7-10H2. The summed E-state index contributed by atoms with van der Waals surface area (Å²) in [6.45, 7) is 0.950. The molecule has 3 aromatic rings. The first-order chi connectivity index (χ1) is 15.7. The fraction of sp³-hybridized carbons (Fsp3) is 0.304. The molecule has 0 bridgehead atoms. The van der Waals surface area contributed by atoms with E-state index in [2.05, 4.69) is 5.10 Å². The molecule has 172 valence electrons. The van der Waals surface area contributed by atoms with Crippen LogP contribution in [0.15, 0.2) is 48.7 Å². The van der Waals surface area contributed by atoms with E-state index in [1.54, 1.807) is 4.90 Å². The quantitative estimate of drug-likeness (QED) is 0.585. The Morgan fingerprint density at radius 3 is 2.42 bits per heavy atom. The number of rotatable bonds is 3. The second-order valence-electron chi connectivity index (χ2n) is 8.09. The zero-order valence-electron chi connectivity index (χ0n) is 17.2. The van der Waals surface area contributed by atoms with Crippen molar-refractivity contribution < 1.29 is 32.2 Å². The lowest BCUT2D eigenvalue weighted by atomic mass is 9.97. The van der Waals surface area contributed by atoms with E-state index in [1.165, 1.54) is 29.1 Å². The summed E-state index contributed by atoms with van der Waals surface area (Å²) >= 11 is 0. The summed E-state index contributed by atoms with van der Waals surface area (Å²) in [4.78, 5) is 15.0. The van der Waals surface area contributed by atoms with Gasteiger partial charge in [0.15, 0.2) is 5.69 Å². The van der Waals surface area contributed by atoms with E-state index in [4.69, 9.17) is 4.74 Å². The highest BCUT2D eigenvalue weighted by molar-refractivity contribution is 5.98. The number of carbonyl (C=O) groups is 1. The Balaban J connectivity index is 1.60. The number of hydrogen-bond acceptors (Lipinski definition) is 4. The molecule has 0 saturated carbocycles. The van der Waals surface area contributed by atoms with Gasteiger partial charge in [-0.2, -0.15) is 18.3 Å². The van der Waals surface area contributed by atoms with Crippen molar-refractivity contribution in [2.45, 2.75) is 31.1 Å². The van der Waals surface area contributed by atoms with Gasteiger partial charge in [0, 0.05) is 37.1 Å². The van der Waals surface area contributed by atoms with E-state index in [0.717, 1.165) is 24.3 Å². The molecule has 0 radical (unpaired) electrons. The Morgan fingerprint density at radius 1 is 1.06 bits per heavy atom. The van der Waals surface area contributed by atoms with Crippen LogP contribution >= 0.6 is 0 Å². The van der Waals surface area contributed by atoms with Gasteiger partial charge in [-0.1, -0.05) is 12.1 Å². The highest BCUT2D eigenvalue weighted by Gasteiger charge is 2.44. The third kappa shape index (κ3) is 3.74. The fourth-order valence-corrected chi connectivity index (χ4v) is 4.48. The number of hydrogen-bond donors (Lipinski definition) is 1. The number of aromatic nitrogens is 2. The van der Waals surface area contributed by atoms with Crippen LogP contribution in [0.5, 0.6) is 5.75 Å². The third-order valence-corrected chi connectivity index (χ3v) is 6.07. The van der Waals surface area contributed by atoms with Crippen molar-refractivity contribution in [1.29, 1.82) is 0 Å². The van der Waals surface area contributed by atoms with Gasteiger partial charge < -0.3 is 14.7 Å². The van der Waals surface area contributed by atoms with Crippen LogP contribution in [0.1, 0.15) is 46.1 Å². The Labute approximate surface area is 186 Å². The molecule has 2 aliphatic heterocycles. The summed E-state index contributed by atoms with van der Waals surface area (Å²) in [5.41, 5.74) is 0.379. The van der Waals surface area contributed by atoms with Gasteiger partial charge in [-0.05, 0) is 42.7 Å². The minimum atomic E-state index is -4.48. The molecule has 1 N–H and O–H groups in total. The lowest BCUT2D eigenvalue weighted by Gasteiger charge is -2.36. The lowest BCUT2D eigenvalue weighted by Crippen LogP contribution is -2.42. The number of phenolic OH excluding ortho intramolecular Hbond substituents is 1. The number of amides is 1. The van der Waals surface area contributed by atoms with Gasteiger partial charge >= 0.3 is 6.18 Å². The molecule has 1 unspecified atom stereocenters. The largest absolute Gasteiger partial charge is 0.506 e. The number of nitrogens with zero attached hydrogens (tertiary/aromatic N) is 3. The van der Waals surface area contributed by atoms with Crippen molar-refractivity contribution in [3.05, 3.63) is 76.9 Å². The maximum atomic E-state index is 13.8. The molecule has 6 nitrogen and oxygen atoms in total. The van der Waals surface area contributed by atoms with Gasteiger partial charge in [0.05, 0.1) is 11.6 Å². The first-order valence-corrected chi connectivity index (χ1v) is 10.4. The Morgan fingerprint density at radius 2 is 1.76 bits per heavy atom. The molecule has 2 aliphatic rings. The molecule has 1 saturated heterocycles. The molecule has 1 fully saturated rings. The summed E-state index contributed by atoms with van der Waals surface area (Å²) < 4.78 is 59.6. The molecule has 1 atom stereocenters. The van der Waals surface area contributed by atoms with Gasteiger partial charge in [0.1, 0.15) is 17.3 Å². The maximum Gasteiger partial charge on any atom is 0.416 e. The van der Waals surface area contributed by atoms with Crippen LogP contribution in [0.4, 0.5) is 17.6 Å². The van der Waals surface area contributed by atoms with Crippen LogP contribution in [0, 0.1) is 5.82 Å². The molecule has 1 aromatic heterocycles. The zero-order valence-corrected chi connectivity index (χ0v) is 17.2. The molecule has 2 aromatic carbocycles. The topological polar surface area (TPSA) is 67.6 Å². The molecule has 10 heteroatoms. The normalized spacial score (nSPS) is 19.2. The molecule has 1 amide bonds. The number of fused-ring (bicyclic) bond motifs is 1. The van der Waals surface area contributed by atoms with Gasteiger partial charge in [-0.3, -0.25) is 4.79 Å². The average molecular weight is 461 g/mol. The second kappa shape index (κ2) is 7.87. The highest BCUT2D eigenvalue weighted by Crippen LogP contribution is 2.42. The number of phenols is 1. The summed E-state index contributed by atoms with van der Waals surface area (Å²) in [5.74, 6) is -1.18. The number of aromatic hydroxyl groups is 1. The Hall–Kier alpha value is -3.40. The van der Waals surface area contributed by atoms with Gasteiger partial charge in [-0.15, -0.1) is 0 Å². The van der Waals surface area contributed by atoms with Crippen LogP contribution < -0.4 is 0 Å². The monoisotopic (exact) mass is 461 g/mol. The lowest BCUT2D eigenvalue weighted by molar-refractivity contribution is -0.137. The molecule has 0 spiro atoms. The highest BCUT2D eigenvalue weighted by atomic mass is 19.4. The molecule has 5 rings (SSSR count). The van der Waals surface area contributed by atoms with E-state index in [0.29, 0.717) is 37.2 Å². The molecular weight excluding hydrogens is 442 g/mol. The summed E-state index contributed by atoms with van der Waals surface area (Å²) in [5, 5.41) is 14.5. The van der Waals surface area contributed by atoms with Crippen LogP contribution in [0.25, 0.3) is 5.69 Å². The van der Waals surface area contributed by atoms with Crippen molar-refractivity contribution in [3.63, 3.8) is 0 Å². The Bertz CT molecular complexity index is 1200. The predicted molar refractivity (Wildman–Crippen MR) is 108 cm³/mol. The van der Waals surface area contributed by atoms with Crippen LogP contribution in [0.2, 0.25) is 0 Å². The van der Waals surface area contributed by atoms with Gasteiger partial charge in [0.2, 0.25) is 0 Å². The fourth-order valence-electron chi connectivity index (χ4n) is 4.48. The number of benzene rings is 2. The van der Waals surface area contributed by atoms with Crippen molar-refractivity contribution in [2.24, 2.45) is 0 Å². The summed E-state index contributed by atoms with van der Waals surface area (Å²) in [7, 11) is 0. The number of alkyl halides is 3. The minimum Gasteiger partial charge on any atom is -0.506 e.